The van der Waals surface area contributed by atoms with E-state index in [1.807, 2.05) is 12.1 Å². The van der Waals surface area contributed by atoms with Gasteiger partial charge in [0.25, 0.3) is 5.56 Å². The lowest BCUT2D eigenvalue weighted by Gasteiger charge is -2.05. The normalized spacial score (nSPS) is 11.3. The third-order valence-corrected chi connectivity index (χ3v) is 3.17. The van der Waals surface area contributed by atoms with Gasteiger partial charge in [-0.2, -0.15) is 0 Å². The smallest absolute Gasteiger partial charge is 0.258 e. The van der Waals surface area contributed by atoms with E-state index in [9.17, 15) is 4.79 Å². The van der Waals surface area contributed by atoms with Gasteiger partial charge in [-0.25, -0.2) is 4.98 Å². The van der Waals surface area contributed by atoms with Crippen LogP contribution in [0.2, 0.25) is 0 Å². The van der Waals surface area contributed by atoms with Crippen molar-refractivity contribution in [1.29, 1.82) is 0 Å². The molecule has 2 rings (SSSR count). The summed E-state index contributed by atoms with van der Waals surface area (Å²) in [6, 6.07) is 5.57. The fourth-order valence-corrected chi connectivity index (χ4v) is 2.06. The minimum absolute atomic E-state index is 0.0601. The second kappa shape index (κ2) is 5.00. The lowest BCUT2D eigenvalue weighted by molar-refractivity contribution is 0.575. The van der Waals surface area contributed by atoms with Crippen LogP contribution < -0.4 is 5.56 Å². The molecule has 0 unspecified atom stereocenters. The van der Waals surface area contributed by atoms with Crippen LogP contribution in [-0.4, -0.2) is 9.97 Å². The number of halogens is 1. The van der Waals surface area contributed by atoms with Crippen LogP contribution in [0.5, 0.6) is 0 Å². The van der Waals surface area contributed by atoms with Gasteiger partial charge >= 0.3 is 0 Å². The van der Waals surface area contributed by atoms with Crippen molar-refractivity contribution in [3.8, 4) is 0 Å². The maximum Gasteiger partial charge on any atom is 0.258 e. The highest BCUT2D eigenvalue weighted by Crippen LogP contribution is 2.15. The number of aromatic amines is 1. The van der Waals surface area contributed by atoms with Gasteiger partial charge in [0.15, 0.2) is 0 Å². The molecule has 0 bridgehead atoms. The predicted molar refractivity (Wildman–Crippen MR) is 73.2 cm³/mol. The molecule has 2 aromatic rings. The van der Waals surface area contributed by atoms with Gasteiger partial charge in [-0.15, -0.1) is 0 Å². The molecule has 0 saturated heterocycles. The van der Waals surface area contributed by atoms with Gasteiger partial charge in [0.1, 0.15) is 5.82 Å². The van der Waals surface area contributed by atoms with Crippen molar-refractivity contribution in [2.24, 2.45) is 5.92 Å². The Morgan fingerprint density at radius 2 is 2.18 bits per heavy atom. The highest BCUT2D eigenvalue weighted by Gasteiger charge is 2.05. The van der Waals surface area contributed by atoms with Crippen LogP contribution in [0.3, 0.4) is 0 Å². The minimum Gasteiger partial charge on any atom is -0.310 e. The van der Waals surface area contributed by atoms with Crippen molar-refractivity contribution in [2.75, 3.05) is 0 Å². The Morgan fingerprint density at radius 3 is 2.88 bits per heavy atom. The predicted octanol–water partition coefficient (Wildman–Crippen LogP) is 3.27. The molecule has 3 nitrogen and oxygen atoms in total. The van der Waals surface area contributed by atoms with Crippen molar-refractivity contribution >= 4 is 26.8 Å². The summed E-state index contributed by atoms with van der Waals surface area (Å²) in [4.78, 5) is 19.2. The first-order valence-corrected chi connectivity index (χ1v) is 6.54. The van der Waals surface area contributed by atoms with Crippen LogP contribution in [0.1, 0.15) is 26.1 Å². The topological polar surface area (TPSA) is 45.8 Å². The lowest BCUT2D eigenvalue weighted by atomic mass is 10.1. The summed E-state index contributed by atoms with van der Waals surface area (Å²) in [6.45, 7) is 4.33. The maximum atomic E-state index is 11.9. The molecule has 1 heterocycles. The first kappa shape index (κ1) is 12.3. The first-order chi connectivity index (χ1) is 8.06. The Morgan fingerprint density at radius 1 is 1.41 bits per heavy atom. The molecule has 4 heteroatoms. The molecule has 0 amide bonds. The fraction of sp³-hybridized carbons (Fsp3) is 0.385. The lowest BCUT2D eigenvalue weighted by Crippen LogP contribution is -2.12. The van der Waals surface area contributed by atoms with Gasteiger partial charge in [0.05, 0.1) is 10.9 Å². The number of aromatic nitrogens is 2. The molecule has 1 N–H and O–H groups in total. The Labute approximate surface area is 108 Å². The van der Waals surface area contributed by atoms with Crippen molar-refractivity contribution in [2.45, 2.75) is 26.7 Å². The number of nitrogens with one attached hydrogen (secondary N) is 1. The number of nitrogens with zero attached hydrogens (tertiary/aromatic N) is 1. The number of rotatable bonds is 3. The molecule has 0 atom stereocenters. The Kier molecular flexibility index (Phi) is 3.62. The van der Waals surface area contributed by atoms with Gasteiger partial charge in [-0.1, -0.05) is 29.8 Å². The molecule has 0 fully saturated rings. The molecule has 1 aromatic carbocycles. The van der Waals surface area contributed by atoms with Crippen molar-refractivity contribution < 1.29 is 0 Å². The molecule has 0 aliphatic rings. The molecule has 0 aliphatic heterocycles. The van der Waals surface area contributed by atoms with Crippen LogP contribution in [-0.2, 0) is 6.42 Å². The van der Waals surface area contributed by atoms with E-state index in [0.29, 0.717) is 11.3 Å². The third kappa shape index (κ3) is 2.94. The van der Waals surface area contributed by atoms with Crippen molar-refractivity contribution in [3.63, 3.8) is 0 Å². The summed E-state index contributed by atoms with van der Waals surface area (Å²) in [5.74, 6) is 1.39. The molecular weight excluding hydrogens is 280 g/mol. The van der Waals surface area contributed by atoms with E-state index in [2.05, 4.69) is 39.7 Å². The summed E-state index contributed by atoms with van der Waals surface area (Å²) in [7, 11) is 0. The Balaban J connectivity index is 2.42. The summed E-state index contributed by atoms with van der Waals surface area (Å²) in [6.07, 6.45) is 1.85. The molecule has 17 heavy (non-hydrogen) atoms. The summed E-state index contributed by atoms with van der Waals surface area (Å²) >= 11 is 3.35. The van der Waals surface area contributed by atoms with Gasteiger partial charge in [0.2, 0.25) is 0 Å². The van der Waals surface area contributed by atoms with E-state index in [1.165, 1.54) is 0 Å². The van der Waals surface area contributed by atoms with E-state index in [1.54, 1.807) is 6.07 Å². The Hall–Kier alpha value is -1.16. The van der Waals surface area contributed by atoms with Crippen molar-refractivity contribution in [3.05, 3.63) is 38.9 Å². The van der Waals surface area contributed by atoms with E-state index in [4.69, 9.17) is 0 Å². The summed E-state index contributed by atoms with van der Waals surface area (Å²) < 4.78 is 0.896. The van der Waals surface area contributed by atoms with Crippen LogP contribution in [0.25, 0.3) is 10.9 Å². The van der Waals surface area contributed by atoms with Gasteiger partial charge in [-0.3, -0.25) is 4.79 Å². The number of aryl methyl sites for hydroxylation is 1. The number of hydrogen-bond donors (Lipinski definition) is 1. The van der Waals surface area contributed by atoms with Crippen molar-refractivity contribution in [1.82, 2.24) is 9.97 Å². The second-order valence-electron chi connectivity index (χ2n) is 4.61. The molecule has 0 radical (unpaired) electrons. The minimum atomic E-state index is -0.0601. The number of fused-ring (bicyclic) bond motifs is 1. The Bertz CT molecular complexity index is 589. The molecule has 1 aromatic heterocycles. The zero-order valence-corrected chi connectivity index (χ0v) is 11.5. The monoisotopic (exact) mass is 294 g/mol. The third-order valence-electron chi connectivity index (χ3n) is 2.67. The number of hydrogen-bond acceptors (Lipinski definition) is 2. The standard InChI is InChI=1S/C13H15BrN2O/c1-8(2)3-6-12-15-11-5-4-9(14)7-10(11)13(17)16-12/h4-5,7-8H,3,6H2,1-2H3,(H,15,16,17). The SMILES string of the molecule is CC(C)CCc1nc2ccc(Br)cc2c(=O)[nH]1. The number of H-pyrrole nitrogens is 1. The zero-order valence-electron chi connectivity index (χ0n) is 9.96. The molecular formula is C13H15BrN2O. The maximum absolute atomic E-state index is 11.9. The molecule has 0 saturated carbocycles. The number of benzene rings is 1. The zero-order chi connectivity index (χ0) is 12.4. The quantitative estimate of drug-likeness (QED) is 0.944. The highest BCUT2D eigenvalue weighted by atomic mass is 79.9. The summed E-state index contributed by atoms with van der Waals surface area (Å²) in [5.41, 5.74) is 0.700. The van der Waals surface area contributed by atoms with E-state index < -0.39 is 0 Å². The van der Waals surface area contributed by atoms with Crippen LogP contribution in [0, 0.1) is 5.92 Å². The van der Waals surface area contributed by atoms with E-state index in [-0.39, 0.29) is 5.56 Å². The van der Waals surface area contributed by atoms with Gasteiger partial charge in [0, 0.05) is 10.9 Å². The summed E-state index contributed by atoms with van der Waals surface area (Å²) in [5, 5.41) is 0.632. The molecule has 90 valence electrons. The largest absolute Gasteiger partial charge is 0.310 e. The highest BCUT2D eigenvalue weighted by molar-refractivity contribution is 9.10. The van der Waals surface area contributed by atoms with Gasteiger partial charge < -0.3 is 4.98 Å². The van der Waals surface area contributed by atoms with Crippen LogP contribution >= 0.6 is 15.9 Å². The van der Waals surface area contributed by atoms with Crippen LogP contribution in [0.15, 0.2) is 27.5 Å². The van der Waals surface area contributed by atoms with Gasteiger partial charge in [-0.05, 0) is 30.5 Å². The molecule has 0 aliphatic carbocycles. The molecule has 0 spiro atoms. The van der Waals surface area contributed by atoms with E-state index >= 15 is 0 Å². The average Bonchev–Trinajstić information content (AvgIpc) is 2.27. The first-order valence-electron chi connectivity index (χ1n) is 5.74. The average molecular weight is 295 g/mol. The second-order valence-corrected chi connectivity index (χ2v) is 5.52. The van der Waals surface area contributed by atoms with Crippen LogP contribution in [0.4, 0.5) is 0 Å². The van der Waals surface area contributed by atoms with E-state index in [0.717, 1.165) is 28.7 Å². The fourth-order valence-electron chi connectivity index (χ4n) is 1.70.